The third kappa shape index (κ3) is 7.33. The molecule has 0 amide bonds. The molecule has 6 heteroatoms. The Hall–Kier alpha value is -1.89. The number of aliphatic carboxylic acids is 1. The number of unbranched alkanes of at least 4 members (excludes halogenated alkanes) is 1. The van der Waals surface area contributed by atoms with Gasteiger partial charge in [0, 0.05) is 18.3 Å². The van der Waals surface area contributed by atoms with Gasteiger partial charge in [-0.2, -0.15) is 0 Å². The minimum atomic E-state index is -1.88. The van der Waals surface area contributed by atoms with Crippen molar-refractivity contribution in [1.29, 1.82) is 0 Å². The summed E-state index contributed by atoms with van der Waals surface area (Å²) >= 11 is 0. The lowest BCUT2D eigenvalue weighted by molar-refractivity contribution is -0.137. The maximum absolute atomic E-state index is 11.0. The zero-order valence-corrected chi connectivity index (χ0v) is 23.9. The molecule has 0 aliphatic carbocycles. The number of carboxylic acid groups (broad SMARTS) is 1. The molecular formula is C30H46O5Si. The van der Waals surface area contributed by atoms with E-state index in [0.717, 1.165) is 37.0 Å². The highest BCUT2D eigenvalue weighted by Crippen LogP contribution is 2.46. The Morgan fingerprint density at radius 1 is 1.17 bits per heavy atom. The van der Waals surface area contributed by atoms with Crippen molar-refractivity contribution in [3.63, 3.8) is 0 Å². The average molecular weight is 515 g/mol. The molecule has 200 valence electrons. The average Bonchev–Trinajstić information content (AvgIpc) is 3.40. The van der Waals surface area contributed by atoms with Gasteiger partial charge in [0.05, 0.1) is 18.3 Å². The van der Waals surface area contributed by atoms with Crippen LogP contribution in [0.4, 0.5) is 0 Å². The highest BCUT2D eigenvalue weighted by atomic mass is 28.4. The topological polar surface area (TPSA) is 76.0 Å². The van der Waals surface area contributed by atoms with Crippen molar-refractivity contribution >= 4 is 14.3 Å². The summed E-state index contributed by atoms with van der Waals surface area (Å²) in [6.45, 7) is 13.3. The SMILES string of the molecule is CC(c1ccc(O[Si](C)(C)C(C)(C)C)cc1)C(O)/C=C/[C@@H]1[C@H](C/C=C\CCCC(=O)O)[C@@H]2CC[C@H]1O2. The molecule has 6 atom stereocenters. The lowest BCUT2D eigenvalue weighted by atomic mass is 9.77. The summed E-state index contributed by atoms with van der Waals surface area (Å²) in [6.07, 6.45) is 13.2. The van der Waals surface area contributed by atoms with E-state index in [4.69, 9.17) is 14.3 Å². The monoisotopic (exact) mass is 514 g/mol. The zero-order chi connectivity index (χ0) is 26.5. The van der Waals surface area contributed by atoms with Crippen LogP contribution in [0.2, 0.25) is 18.1 Å². The first-order chi connectivity index (χ1) is 16.9. The molecule has 3 rings (SSSR count). The summed E-state index contributed by atoms with van der Waals surface area (Å²) in [4.78, 5) is 10.7. The Balaban J connectivity index is 1.56. The molecule has 2 fully saturated rings. The molecule has 1 aromatic carbocycles. The fraction of sp³-hybridized carbons (Fsp3) is 0.633. The minimum absolute atomic E-state index is 0.0183. The molecule has 0 aromatic heterocycles. The summed E-state index contributed by atoms with van der Waals surface area (Å²) in [5, 5.41) is 19.9. The Labute approximate surface area is 218 Å². The van der Waals surface area contributed by atoms with Gasteiger partial charge < -0.3 is 19.4 Å². The van der Waals surface area contributed by atoms with Crippen molar-refractivity contribution in [1.82, 2.24) is 0 Å². The Bertz CT molecular complexity index is 914. The molecule has 5 nitrogen and oxygen atoms in total. The van der Waals surface area contributed by atoms with E-state index in [1.54, 1.807) is 0 Å². The smallest absolute Gasteiger partial charge is 0.303 e. The van der Waals surface area contributed by atoms with Gasteiger partial charge in [-0.1, -0.05) is 64.1 Å². The second-order valence-electron chi connectivity index (χ2n) is 12.1. The first-order valence-electron chi connectivity index (χ1n) is 13.6. The van der Waals surface area contributed by atoms with Gasteiger partial charge in [-0.15, -0.1) is 0 Å². The highest BCUT2D eigenvalue weighted by molar-refractivity contribution is 6.74. The van der Waals surface area contributed by atoms with Crippen LogP contribution in [0.25, 0.3) is 0 Å². The highest BCUT2D eigenvalue weighted by Gasteiger charge is 2.47. The van der Waals surface area contributed by atoms with Crippen molar-refractivity contribution in [2.45, 2.75) is 109 Å². The molecule has 0 radical (unpaired) electrons. The molecule has 2 bridgehead atoms. The lowest BCUT2D eigenvalue weighted by Gasteiger charge is -2.36. The Kier molecular flexibility index (Phi) is 9.64. The summed E-state index contributed by atoms with van der Waals surface area (Å²) < 4.78 is 12.6. The van der Waals surface area contributed by atoms with Gasteiger partial charge in [-0.25, -0.2) is 0 Å². The van der Waals surface area contributed by atoms with Gasteiger partial charge in [0.1, 0.15) is 5.75 Å². The number of hydrogen-bond donors (Lipinski definition) is 2. The van der Waals surface area contributed by atoms with Crippen molar-refractivity contribution in [2.24, 2.45) is 11.8 Å². The molecule has 0 spiro atoms. The van der Waals surface area contributed by atoms with Crippen molar-refractivity contribution in [3.05, 3.63) is 54.1 Å². The Morgan fingerprint density at radius 3 is 2.47 bits per heavy atom. The first-order valence-corrected chi connectivity index (χ1v) is 16.5. The van der Waals surface area contributed by atoms with E-state index in [9.17, 15) is 9.90 Å². The predicted octanol–water partition coefficient (Wildman–Crippen LogP) is 7.09. The normalized spacial score (nSPS) is 26.1. The van der Waals surface area contributed by atoms with Crippen molar-refractivity contribution < 1.29 is 24.2 Å². The number of ether oxygens (including phenoxy) is 1. The van der Waals surface area contributed by atoms with Crippen LogP contribution in [0.3, 0.4) is 0 Å². The van der Waals surface area contributed by atoms with Crippen LogP contribution in [0.1, 0.15) is 77.7 Å². The van der Waals surface area contributed by atoms with Crippen molar-refractivity contribution in [2.75, 3.05) is 0 Å². The number of aliphatic hydroxyl groups is 1. The third-order valence-electron chi connectivity index (χ3n) is 8.45. The quantitative estimate of drug-likeness (QED) is 0.177. The Morgan fingerprint density at radius 2 is 1.83 bits per heavy atom. The fourth-order valence-corrected chi connectivity index (χ4v) is 6.05. The van der Waals surface area contributed by atoms with Gasteiger partial charge in [0.25, 0.3) is 0 Å². The molecule has 36 heavy (non-hydrogen) atoms. The lowest BCUT2D eigenvalue weighted by Crippen LogP contribution is -2.43. The largest absolute Gasteiger partial charge is 0.544 e. The number of carboxylic acids is 1. The van der Waals surface area contributed by atoms with Gasteiger partial charge in [0.15, 0.2) is 0 Å². The summed E-state index contributed by atoms with van der Waals surface area (Å²) in [6, 6.07) is 8.21. The van der Waals surface area contributed by atoms with Crippen LogP contribution in [-0.2, 0) is 9.53 Å². The number of carbonyl (C=O) groups is 1. The molecular weight excluding hydrogens is 468 g/mol. The van der Waals surface area contributed by atoms with Crippen molar-refractivity contribution in [3.8, 4) is 5.75 Å². The maximum Gasteiger partial charge on any atom is 0.303 e. The van der Waals surface area contributed by atoms with Gasteiger partial charge in [0.2, 0.25) is 8.32 Å². The fourth-order valence-electron chi connectivity index (χ4n) is 5.02. The van der Waals surface area contributed by atoms with Crippen LogP contribution >= 0.6 is 0 Å². The van der Waals surface area contributed by atoms with Crippen LogP contribution < -0.4 is 4.43 Å². The van der Waals surface area contributed by atoms with E-state index in [1.807, 2.05) is 18.2 Å². The van der Waals surface area contributed by atoms with E-state index in [1.165, 1.54) is 0 Å². The second-order valence-corrected chi connectivity index (χ2v) is 16.8. The zero-order valence-electron chi connectivity index (χ0n) is 22.9. The minimum Gasteiger partial charge on any atom is -0.544 e. The van der Waals surface area contributed by atoms with Gasteiger partial charge in [-0.05, 0) is 73.9 Å². The summed E-state index contributed by atoms with van der Waals surface area (Å²) in [7, 11) is -1.88. The first kappa shape index (κ1) is 28.7. The molecule has 2 aliphatic heterocycles. The summed E-state index contributed by atoms with van der Waals surface area (Å²) in [5.74, 6) is 0.883. The second kappa shape index (κ2) is 12.1. The number of hydrogen-bond acceptors (Lipinski definition) is 4. The summed E-state index contributed by atoms with van der Waals surface area (Å²) in [5.41, 5.74) is 1.10. The molecule has 2 saturated heterocycles. The molecule has 2 N–H and O–H groups in total. The predicted molar refractivity (Wildman–Crippen MR) is 148 cm³/mol. The van der Waals surface area contributed by atoms with E-state index < -0.39 is 20.4 Å². The number of fused-ring (bicyclic) bond motifs is 2. The van der Waals surface area contributed by atoms with E-state index in [2.05, 4.69) is 71.1 Å². The number of benzene rings is 1. The van der Waals surface area contributed by atoms with E-state index in [-0.39, 0.29) is 29.6 Å². The van der Waals surface area contributed by atoms with Gasteiger partial charge in [-0.3, -0.25) is 4.79 Å². The van der Waals surface area contributed by atoms with Crippen LogP contribution in [0.15, 0.2) is 48.6 Å². The standard InChI is InChI=1S/C30H46O5Si/c1-21(22-13-15-23(16-14-22)35-36(5,6)30(2,3)4)26(31)18-17-25-24(27-19-20-28(25)34-27)11-9-7-8-10-12-29(32)33/h7,9,13-18,21,24-28,31H,8,10-12,19-20H2,1-6H3,(H,32,33)/b9-7-,18-17+/t21?,24-,25+,26?,27-,28+/m0/s1. The van der Waals surface area contributed by atoms with Crippen LogP contribution in [0.5, 0.6) is 5.75 Å². The van der Waals surface area contributed by atoms with Crippen LogP contribution in [-0.4, -0.2) is 42.8 Å². The van der Waals surface area contributed by atoms with E-state index in [0.29, 0.717) is 18.3 Å². The molecule has 2 heterocycles. The number of allylic oxidation sites excluding steroid dienone is 2. The third-order valence-corrected chi connectivity index (χ3v) is 12.8. The molecule has 0 saturated carbocycles. The molecule has 2 aliphatic rings. The maximum atomic E-state index is 11.0. The van der Waals surface area contributed by atoms with Crippen LogP contribution in [0, 0.1) is 11.8 Å². The molecule has 1 aromatic rings. The molecule has 2 unspecified atom stereocenters. The van der Waals surface area contributed by atoms with E-state index >= 15 is 0 Å². The van der Waals surface area contributed by atoms with Gasteiger partial charge >= 0.3 is 5.97 Å². The number of aliphatic hydroxyl groups excluding tert-OH is 1. The number of rotatable bonds is 12.